The molecule has 3 heterocycles. The van der Waals surface area contributed by atoms with E-state index in [2.05, 4.69) is 37.6 Å². The van der Waals surface area contributed by atoms with Crippen LogP contribution >= 0.6 is 0 Å². The number of nitrogens with one attached hydrogen (secondary N) is 2. The third-order valence-corrected chi connectivity index (χ3v) is 6.15. The molecular formula is C26H29N7O. The average Bonchev–Trinajstić information content (AvgIpc) is 3.30. The van der Waals surface area contributed by atoms with Gasteiger partial charge in [-0.3, -0.25) is 9.78 Å². The van der Waals surface area contributed by atoms with Gasteiger partial charge in [0.05, 0.1) is 0 Å². The molecule has 0 unspecified atom stereocenters. The summed E-state index contributed by atoms with van der Waals surface area (Å²) in [6, 6.07) is 13.6. The Labute approximate surface area is 198 Å². The van der Waals surface area contributed by atoms with Crippen molar-refractivity contribution in [3.05, 3.63) is 66.1 Å². The van der Waals surface area contributed by atoms with E-state index in [0.29, 0.717) is 23.2 Å². The summed E-state index contributed by atoms with van der Waals surface area (Å²) >= 11 is 0. The lowest BCUT2D eigenvalue weighted by molar-refractivity contribution is 0.0927. The Morgan fingerprint density at radius 1 is 1.09 bits per heavy atom. The van der Waals surface area contributed by atoms with E-state index in [9.17, 15) is 4.79 Å². The highest BCUT2D eigenvalue weighted by molar-refractivity contribution is 5.94. The SMILES string of the molecule is CCCc1cc(Nc2ccc(C(=O)NC3CCCCC3)cc2)n2nc(-c3cccnc3)nc2n1. The van der Waals surface area contributed by atoms with Crippen LogP contribution in [-0.4, -0.2) is 36.5 Å². The summed E-state index contributed by atoms with van der Waals surface area (Å²) < 4.78 is 1.71. The first-order chi connectivity index (χ1) is 16.7. The molecule has 1 aromatic carbocycles. The summed E-state index contributed by atoms with van der Waals surface area (Å²) in [5.74, 6) is 1.88. The number of aromatic nitrogens is 5. The van der Waals surface area contributed by atoms with Crippen molar-refractivity contribution in [3.63, 3.8) is 0 Å². The minimum absolute atomic E-state index is 0.00706. The molecule has 0 atom stereocenters. The summed E-state index contributed by atoms with van der Waals surface area (Å²) in [6.45, 7) is 2.13. The van der Waals surface area contributed by atoms with Crippen LogP contribution in [0.5, 0.6) is 0 Å². The van der Waals surface area contributed by atoms with Gasteiger partial charge in [-0.1, -0.05) is 32.6 Å². The quantitative estimate of drug-likeness (QED) is 0.409. The monoisotopic (exact) mass is 455 g/mol. The molecule has 3 aromatic heterocycles. The van der Waals surface area contributed by atoms with Crippen LogP contribution in [0.1, 0.15) is 61.5 Å². The number of aryl methyl sites for hydroxylation is 1. The van der Waals surface area contributed by atoms with Crippen LogP contribution in [-0.2, 0) is 6.42 Å². The molecule has 0 bridgehead atoms. The molecule has 0 spiro atoms. The molecule has 0 radical (unpaired) electrons. The number of nitrogens with zero attached hydrogens (tertiary/aromatic N) is 5. The van der Waals surface area contributed by atoms with Crippen LogP contribution in [0.3, 0.4) is 0 Å². The Morgan fingerprint density at radius 2 is 1.91 bits per heavy atom. The lowest BCUT2D eigenvalue weighted by Crippen LogP contribution is -2.36. The number of rotatable bonds is 7. The van der Waals surface area contributed by atoms with Crippen molar-refractivity contribution < 1.29 is 4.79 Å². The van der Waals surface area contributed by atoms with Gasteiger partial charge in [0, 0.05) is 47.0 Å². The first-order valence-electron chi connectivity index (χ1n) is 12.0. The minimum Gasteiger partial charge on any atom is -0.349 e. The van der Waals surface area contributed by atoms with Crippen molar-refractivity contribution in [2.24, 2.45) is 0 Å². The van der Waals surface area contributed by atoms with Crippen molar-refractivity contribution in [3.8, 4) is 11.4 Å². The highest BCUT2D eigenvalue weighted by Crippen LogP contribution is 2.23. The Morgan fingerprint density at radius 3 is 2.65 bits per heavy atom. The van der Waals surface area contributed by atoms with Crippen molar-refractivity contribution in [2.75, 3.05) is 5.32 Å². The summed E-state index contributed by atoms with van der Waals surface area (Å²) in [7, 11) is 0. The van der Waals surface area contributed by atoms with Gasteiger partial charge in [0.1, 0.15) is 5.82 Å². The van der Waals surface area contributed by atoms with Crippen molar-refractivity contribution in [1.29, 1.82) is 0 Å². The van der Waals surface area contributed by atoms with Gasteiger partial charge in [-0.2, -0.15) is 9.50 Å². The standard InChI is InChI=1S/C26H29N7O/c1-2-7-22-16-23(33-26(30-22)31-24(32-33)19-8-6-15-27-17-19)28-21-13-11-18(12-14-21)25(34)29-20-9-4-3-5-10-20/h6,8,11-17,20,28H,2-5,7,9-10H2,1H3,(H,29,34). The van der Waals surface area contributed by atoms with Gasteiger partial charge < -0.3 is 10.6 Å². The number of pyridine rings is 1. The fourth-order valence-electron chi connectivity index (χ4n) is 4.38. The van der Waals surface area contributed by atoms with E-state index in [1.807, 2.05) is 42.5 Å². The second kappa shape index (κ2) is 9.99. The summed E-state index contributed by atoms with van der Waals surface area (Å²) in [4.78, 5) is 26.1. The highest BCUT2D eigenvalue weighted by Gasteiger charge is 2.17. The number of benzene rings is 1. The number of hydrogen-bond donors (Lipinski definition) is 2. The van der Waals surface area contributed by atoms with Gasteiger partial charge in [-0.25, -0.2) is 4.98 Å². The van der Waals surface area contributed by atoms with E-state index in [-0.39, 0.29) is 5.91 Å². The summed E-state index contributed by atoms with van der Waals surface area (Å²) in [5.41, 5.74) is 3.32. The van der Waals surface area contributed by atoms with Crippen LogP contribution in [0.25, 0.3) is 17.2 Å². The van der Waals surface area contributed by atoms with Gasteiger partial charge in [0.25, 0.3) is 11.7 Å². The third-order valence-electron chi connectivity index (χ3n) is 6.15. The minimum atomic E-state index is -0.00706. The number of carbonyl (C=O) groups is 1. The molecule has 34 heavy (non-hydrogen) atoms. The molecular weight excluding hydrogens is 426 g/mol. The zero-order valence-electron chi connectivity index (χ0n) is 19.4. The predicted molar refractivity (Wildman–Crippen MR) is 132 cm³/mol. The van der Waals surface area contributed by atoms with Crippen LogP contribution in [0, 0.1) is 0 Å². The average molecular weight is 456 g/mol. The van der Waals surface area contributed by atoms with Crippen molar-refractivity contribution >= 4 is 23.2 Å². The second-order valence-corrected chi connectivity index (χ2v) is 8.78. The van der Waals surface area contributed by atoms with E-state index < -0.39 is 0 Å². The molecule has 4 aromatic rings. The molecule has 1 aliphatic carbocycles. The number of hydrogen-bond acceptors (Lipinski definition) is 6. The van der Waals surface area contributed by atoms with Crippen molar-refractivity contribution in [1.82, 2.24) is 29.9 Å². The van der Waals surface area contributed by atoms with Crippen LogP contribution < -0.4 is 10.6 Å². The molecule has 0 aliphatic heterocycles. The second-order valence-electron chi connectivity index (χ2n) is 8.78. The number of amides is 1. The Kier molecular flexibility index (Phi) is 6.46. The molecule has 5 rings (SSSR count). The smallest absolute Gasteiger partial charge is 0.254 e. The van der Waals surface area contributed by atoms with Gasteiger partial charge in [-0.05, 0) is 55.7 Å². The molecule has 174 valence electrons. The molecule has 0 saturated heterocycles. The van der Waals surface area contributed by atoms with E-state index in [1.54, 1.807) is 16.9 Å². The zero-order valence-corrected chi connectivity index (χ0v) is 19.4. The molecule has 1 saturated carbocycles. The van der Waals surface area contributed by atoms with Crippen LogP contribution in [0.4, 0.5) is 11.5 Å². The maximum Gasteiger partial charge on any atom is 0.254 e. The Bertz CT molecular complexity index is 1260. The third kappa shape index (κ3) is 4.90. The van der Waals surface area contributed by atoms with E-state index in [0.717, 1.165) is 48.4 Å². The maximum absolute atomic E-state index is 12.6. The van der Waals surface area contributed by atoms with E-state index in [4.69, 9.17) is 0 Å². The first-order valence-corrected chi connectivity index (χ1v) is 12.0. The zero-order chi connectivity index (χ0) is 23.3. The fourth-order valence-corrected chi connectivity index (χ4v) is 4.38. The predicted octanol–water partition coefficient (Wildman–Crippen LogP) is 4.94. The largest absolute Gasteiger partial charge is 0.349 e. The molecule has 1 fully saturated rings. The van der Waals surface area contributed by atoms with Crippen LogP contribution in [0.2, 0.25) is 0 Å². The maximum atomic E-state index is 12.6. The highest BCUT2D eigenvalue weighted by atomic mass is 16.1. The van der Waals surface area contributed by atoms with Crippen molar-refractivity contribution in [2.45, 2.75) is 57.9 Å². The number of carbonyl (C=O) groups excluding carboxylic acids is 1. The Hall–Kier alpha value is -3.81. The lowest BCUT2D eigenvalue weighted by Gasteiger charge is -2.22. The van der Waals surface area contributed by atoms with Gasteiger partial charge in [0.15, 0.2) is 5.82 Å². The lowest BCUT2D eigenvalue weighted by atomic mass is 9.95. The summed E-state index contributed by atoms with van der Waals surface area (Å²) in [6.07, 6.45) is 11.1. The van der Waals surface area contributed by atoms with Gasteiger partial charge in [-0.15, -0.1) is 5.10 Å². The van der Waals surface area contributed by atoms with Gasteiger partial charge >= 0.3 is 0 Å². The normalized spacial score (nSPS) is 14.3. The van der Waals surface area contributed by atoms with E-state index in [1.165, 1.54) is 19.3 Å². The molecule has 8 heteroatoms. The molecule has 1 amide bonds. The molecule has 1 aliphatic rings. The fraction of sp³-hybridized carbons (Fsp3) is 0.346. The van der Waals surface area contributed by atoms with Crippen LogP contribution in [0.15, 0.2) is 54.9 Å². The summed E-state index contributed by atoms with van der Waals surface area (Å²) in [5, 5.41) is 11.3. The number of fused-ring (bicyclic) bond motifs is 1. The molecule has 2 N–H and O–H groups in total. The van der Waals surface area contributed by atoms with Gasteiger partial charge in [0.2, 0.25) is 0 Å². The first kappa shape index (κ1) is 22.0. The molecule has 8 nitrogen and oxygen atoms in total. The number of anilines is 2. The Balaban J connectivity index is 1.38. The topological polar surface area (TPSA) is 97.1 Å². The van der Waals surface area contributed by atoms with E-state index >= 15 is 0 Å².